The second-order valence-electron chi connectivity index (χ2n) is 6.77. The lowest BCUT2D eigenvalue weighted by Crippen LogP contribution is -2.27. The van der Waals surface area contributed by atoms with Gasteiger partial charge in [0.05, 0.1) is 17.3 Å². The summed E-state index contributed by atoms with van der Waals surface area (Å²) >= 11 is 0. The van der Waals surface area contributed by atoms with Crippen LogP contribution < -0.4 is 5.73 Å². The third-order valence-electron chi connectivity index (χ3n) is 4.93. The van der Waals surface area contributed by atoms with Crippen LogP contribution in [0.25, 0.3) is 16.9 Å². The zero-order valence-corrected chi connectivity index (χ0v) is 14.6. The fraction of sp³-hybridized carbons (Fsp3) is 0.238. The van der Waals surface area contributed by atoms with Crippen LogP contribution in [0.1, 0.15) is 12.0 Å². The highest BCUT2D eigenvalue weighted by atomic mass is 16.1. The van der Waals surface area contributed by atoms with Crippen LogP contribution in [0.3, 0.4) is 0 Å². The van der Waals surface area contributed by atoms with Crippen molar-refractivity contribution >= 4 is 5.91 Å². The first-order valence-corrected chi connectivity index (χ1v) is 8.92. The van der Waals surface area contributed by atoms with Gasteiger partial charge >= 0.3 is 0 Å². The Morgan fingerprint density at radius 1 is 1.08 bits per heavy atom. The van der Waals surface area contributed by atoms with Crippen LogP contribution >= 0.6 is 0 Å². The molecule has 2 heterocycles. The minimum absolute atomic E-state index is 0.0423. The van der Waals surface area contributed by atoms with Crippen LogP contribution in [0.15, 0.2) is 66.9 Å². The number of amides is 1. The van der Waals surface area contributed by atoms with Crippen molar-refractivity contribution in [3.8, 4) is 16.9 Å². The van der Waals surface area contributed by atoms with Crippen molar-refractivity contribution in [2.45, 2.75) is 13.0 Å². The minimum Gasteiger partial charge on any atom is -0.369 e. The number of nitrogens with zero attached hydrogens (tertiary/aromatic N) is 3. The fourth-order valence-electron chi connectivity index (χ4n) is 3.53. The third-order valence-corrected chi connectivity index (χ3v) is 4.93. The number of benzene rings is 2. The SMILES string of the molecule is NC(=O)C1CCN(Cc2cn(-c3ccccc3)nc2-c2ccccc2)C1. The third kappa shape index (κ3) is 3.39. The Kier molecular flexibility index (Phi) is 4.54. The maximum Gasteiger partial charge on any atom is 0.221 e. The van der Waals surface area contributed by atoms with Crippen molar-refractivity contribution in [1.29, 1.82) is 0 Å². The molecule has 1 unspecified atom stereocenters. The predicted molar refractivity (Wildman–Crippen MR) is 102 cm³/mol. The number of rotatable bonds is 5. The number of primary amides is 1. The molecule has 2 N–H and O–H groups in total. The molecule has 0 aliphatic carbocycles. The second-order valence-corrected chi connectivity index (χ2v) is 6.77. The Bertz CT molecular complexity index is 889. The first kappa shape index (κ1) is 16.5. The molecule has 2 aromatic carbocycles. The van der Waals surface area contributed by atoms with Crippen molar-refractivity contribution < 1.29 is 4.79 Å². The van der Waals surface area contributed by atoms with Gasteiger partial charge in [-0.15, -0.1) is 0 Å². The number of carbonyl (C=O) groups is 1. The number of para-hydroxylation sites is 1. The highest BCUT2D eigenvalue weighted by Crippen LogP contribution is 2.27. The molecule has 1 fully saturated rings. The van der Waals surface area contributed by atoms with Gasteiger partial charge in [-0.3, -0.25) is 9.69 Å². The quantitative estimate of drug-likeness (QED) is 0.773. The van der Waals surface area contributed by atoms with E-state index < -0.39 is 0 Å². The Labute approximate surface area is 153 Å². The summed E-state index contributed by atoms with van der Waals surface area (Å²) < 4.78 is 1.93. The zero-order valence-electron chi connectivity index (χ0n) is 14.6. The summed E-state index contributed by atoms with van der Waals surface area (Å²) in [6.07, 6.45) is 2.93. The standard InChI is InChI=1S/C21H22N4O/c22-21(26)17-11-12-24(13-17)14-18-15-25(19-9-5-2-6-10-19)23-20(18)16-7-3-1-4-8-16/h1-10,15,17H,11-14H2,(H2,22,26). The summed E-state index contributed by atoms with van der Waals surface area (Å²) in [6, 6.07) is 20.3. The normalized spacial score (nSPS) is 17.5. The van der Waals surface area contributed by atoms with Crippen molar-refractivity contribution in [2.24, 2.45) is 11.7 Å². The average Bonchev–Trinajstić information content (AvgIpc) is 3.31. The fourth-order valence-corrected chi connectivity index (χ4v) is 3.53. The molecule has 1 saturated heterocycles. The molecule has 0 spiro atoms. The highest BCUT2D eigenvalue weighted by molar-refractivity contribution is 5.77. The van der Waals surface area contributed by atoms with Crippen LogP contribution in [0.2, 0.25) is 0 Å². The van der Waals surface area contributed by atoms with E-state index in [4.69, 9.17) is 10.8 Å². The topological polar surface area (TPSA) is 64.2 Å². The van der Waals surface area contributed by atoms with E-state index in [9.17, 15) is 4.79 Å². The molecule has 5 nitrogen and oxygen atoms in total. The molecule has 1 aliphatic rings. The Morgan fingerprint density at radius 2 is 1.77 bits per heavy atom. The van der Waals surface area contributed by atoms with Crippen molar-refractivity contribution in [1.82, 2.24) is 14.7 Å². The highest BCUT2D eigenvalue weighted by Gasteiger charge is 2.27. The van der Waals surface area contributed by atoms with Crippen LogP contribution in [0.4, 0.5) is 0 Å². The van der Waals surface area contributed by atoms with Crippen LogP contribution in [0, 0.1) is 5.92 Å². The van der Waals surface area contributed by atoms with Gasteiger partial charge in [0.25, 0.3) is 0 Å². The minimum atomic E-state index is -0.198. The Balaban J connectivity index is 1.66. The average molecular weight is 346 g/mol. The maximum absolute atomic E-state index is 11.5. The second kappa shape index (κ2) is 7.14. The number of carbonyl (C=O) groups excluding carboxylic acids is 1. The molecular formula is C21H22N4O. The first-order valence-electron chi connectivity index (χ1n) is 8.92. The van der Waals surface area contributed by atoms with Crippen molar-refractivity contribution in [3.63, 3.8) is 0 Å². The summed E-state index contributed by atoms with van der Waals surface area (Å²) in [5, 5.41) is 4.85. The number of aromatic nitrogens is 2. The summed E-state index contributed by atoms with van der Waals surface area (Å²) in [5.41, 5.74) is 9.75. The smallest absolute Gasteiger partial charge is 0.221 e. The van der Waals surface area contributed by atoms with Crippen LogP contribution in [0.5, 0.6) is 0 Å². The monoisotopic (exact) mass is 346 g/mol. The number of nitrogens with two attached hydrogens (primary N) is 1. The largest absolute Gasteiger partial charge is 0.369 e. The maximum atomic E-state index is 11.5. The molecule has 1 atom stereocenters. The van der Waals surface area contributed by atoms with E-state index in [1.165, 1.54) is 0 Å². The number of hydrogen-bond donors (Lipinski definition) is 1. The summed E-state index contributed by atoms with van der Waals surface area (Å²) in [7, 11) is 0. The van der Waals surface area contributed by atoms with Gasteiger partial charge in [-0.1, -0.05) is 48.5 Å². The summed E-state index contributed by atoms with van der Waals surface area (Å²) in [4.78, 5) is 13.7. The van der Waals surface area contributed by atoms with E-state index in [1.54, 1.807) is 0 Å². The zero-order chi connectivity index (χ0) is 17.9. The van der Waals surface area contributed by atoms with Gasteiger partial charge in [0.1, 0.15) is 0 Å². The Hall–Kier alpha value is -2.92. The van der Waals surface area contributed by atoms with E-state index in [2.05, 4.69) is 23.2 Å². The first-order chi connectivity index (χ1) is 12.7. The predicted octanol–water partition coefficient (Wildman–Crippen LogP) is 2.85. The molecule has 1 aromatic heterocycles. The lowest BCUT2D eigenvalue weighted by Gasteiger charge is -2.15. The molecular weight excluding hydrogens is 324 g/mol. The van der Waals surface area contributed by atoms with Gasteiger partial charge in [-0.05, 0) is 25.1 Å². The molecule has 26 heavy (non-hydrogen) atoms. The van der Waals surface area contributed by atoms with Gasteiger partial charge in [-0.25, -0.2) is 4.68 Å². The molecule has 0 saturated carbocycles. The van der Waals surface area contributed by atoms with Gasteiger partial charge < -0.3 is 5.73 Å². The summed E-state index contributed by atoms with van der Waals surface area (Å²) in [6.45, 7) is 2.37. The molecule has 0 bridgehead atoms. The number of likely N-dealkylation sites (tertiary alicyclic amines) is 1. The van der Waals surface area contributed by atoms with E-state index in [0.29, 0.717) is 0 Å². The molecule has 4 rings (SSSR count). The molecule has 132 valence electrons. The lowest BCUT2D eigenvalue weighted by atomic mass is 10.1. The van der Waals surface area contributed by atoms with E-state index >= 15 is 0 Å². The van der Waals surface area contributed by atoms with E-state index in [0.717, 1.165) is 48.6 Å². The van der Waals surface area contributed by atoms with E-state index in [-0.39, 0.29) is 11.8 Å². The molecule has 3 aromatic rings. The van der Waals surface area contributed by atoms with Gasteiger partial charge in [0.2, 0.25) is 5.91 Å². The van der Waals surface area contributed by atoms with Gasteiger partial charge in [-0.2, -0.15) is 5.10 Å². The van der Waals surface area contributed by atoms with E-state index in [1.807, 2.05) is 53.2 Å². The molecule has 5 heteroatoms. The van der Waals surface area contributed by atoms with Crippen LogP contribution in [-0.4, -0.2) is 33.7 Å². The Morgan fingerprint density at radius 3 is 2.42 bits per heavy atom. The van der Waals surface area contributed by atoms with Gasteiger partial charge in [0, 0.05) is 30.4 Å². The lowest BCUT2D eigenvalue weighted by molar-refractivity contribution is -0.121. The number of hydrogen-bond acceptors (Lipinski definition) is 3. The van der Waals surface area contributed by atoms with Gasteiger partial charge in [0.15, 0.2) is 0 Å². The van der Waals surface area contributed by atoms with Crippen LogP contribution in [-0.2, 0) is 11.3 Å². The van der Waals surface area contributed by atoms with Crippen molar-refractivity contribution in [2.75, 3.05) is 13.1 Å². The summed E-state index contributed by atoms with van der Waals surface area (Å²) in [5.74, 6) is -0.241. The molecule has 1 aliphatic heterocycles. The van der Waals surface area contributed by atoms with Crippen molar-refractivity contribution in [3.05, 3.63) is 72.4 Å². The molecule has 1 amide bonds. The molecule has 0 radical (unpaired) electrons.